The fourth-order valence-corrected chi connectivity index (χ4v) is 4.52. The molecule has 0 fully saturated rings. The maximum atomic E-state index is 13.3. The number of aryl methyl sites for hydroxylation is 1. The Morgan fingerprint density at radius 2 is 1.58 bits per heavy atom. The van der Waals surface area contributed by atoms with Crippen LogP contribution in [0, 0.1) is 6.92 Å². The van der Waals surface area contributed by atoms with Crippen molar-refractivity contribution in [3.05, 3.63) is 94.0 Å². The van der Waals surface area contributed by atoms with E-state index in [1.165, 1.54) is 7.11 Å². The number of carbonyl (C=O) groups excluding carboxylic acids is 2. The van der Waals surface area contributed by atoms with Crippen LogP contribution in [-0.4, -0.2) is 50.3 Å². The minimum atomic E-state index is -0.708. The number of esters is 1. The maximum Gasteiger partial charge on any atom is 0.328 e. The summed E-state index contributed by atoms with van der Waals surface area (Å²) in [5.41, 5.74) is 5.26. The Balaban J connectivity index is 1.68. The van der Waals surface area contributed by atoms with E-state index in [9.17, 15) is 9.59 Å². The molecule has 0 aliphatic rings. The number of rotatable bonds is 14. The van der Waals surface area contributed by atoms with Crippen molar-refractivity contribution in [2.45, 2.75) is 32.6 Å². The van der Waals surface area contributed by atoms with Crippen molar-refractivity contribution < 1.29 is 23.8 Å². The second kappa shape index (κ2) is 15.5. The van der Waals surface area contributed by atoms with E-state index in [0.717, 1.165) is 33.6 Å². The molecule has 38 heavy (non-hydrogen) atoms. The average Bonchev–Trinajstić information content (AvgIpc) is 2.93. The molecule has 0 saturated carbocycles. The van der Waals surface area contributed by atoms with Gasteiger partial charge in [-0.2, -0.15) is 11.8 Å². The summed E-state index contributed by atoms with van der Waals surface area (Å²) in [4.78, 5) is 25.6. The number of halogens is 1. The molecule has 0 aliphatic heterocycles. The van der Waals surface area contributed by atoms with Gasteiger partial charge in [-0.1, -0.05) is 54.1 Å². The quantitative estimate of drug-likeness (QED) is 0.192. The zero-order chi connectivity index (χ0) is 27.3. The molecule has 3 aromatic rings. The Bertz CT molecular complexity index is 1200. The molecule has 0 spiro atoms. The smallest absolute Gasteiger partial charge is 0.328 e. The van der Waals surface area contributed by atoms with Crippen molar-refractivity contribution >= 4 is 35.2 Å². The van der Waals surface area contributed by atoms with E-state index in [-0.39, 0.29) is 5.91 Å². The van der Waals surface area contributed by atoms with Gasteiger partial charge in [0.05, 0.1) is 33.5 Å². The monoisotopic (exact) mass is 555 g/mol. The number of hydrogen-bond donors (Lipinski definition) is 1. The second-order valence-electron chi connectivity index (χ2n) is 8.76. The molecule has 8 heteroatoms. The first-order chi connectivity index (χ1) is 18.4. The van der Waals surface area contributed by atoms with Crippen LogP contribution in [0.1, 0.15) is 33.5 Å². The Morgan fingerprint density at radius 1 is 0.921 bits per heavy atom. The van der Waals surface area contributed by atoms with Crippen LogP contribution in [0.4, 0.5) is 0 Å². The highest BCUT2D eigenvalue weighted by Crippen LogP contribution is 2.28. The van der Waals surface area contributed by atoms with Gasteiger partial charge in [-0.25, -0.2) is 4.79 Å². The summed E-state index contributed by atoms with van der Waals surface area (Å²) >= 11 is 7.52. The highest BCUT2D eigenvalue weighted by Gasteiger charge is 2.23. The number of methoxy groups -OCH3 is 1. The van der Waals surface area contributed by atoms with Gasteiger partial charge in [0, 0.05) is 10.6 Å². The average molecular weight is 556 g/mol. The Kier molecular flexibility index (Phi) is 12.2. The van der Waals surface area contributed by atoms with E-state index >= 15 is 0 Å². The molecular weight excluding hydrogens is 522 g/mol. The number of nitrogens with one attached hydrogen (secondary N) is 1. The summed E-state index contributed by atoms with van der Waals surface area (Å²) < 4.78 is 16.4. The van der Waals surface area contributed by atoms with E-state index in [1.54, 1.807) is 17.8 Å². The number of ether oxygens (including phenoxy) is 3. The first kappa shape index (κ1) is 29.7. The number of carbonyl (C=O) groups is 2. The van der Waals surface area contributed by atoms with Crippen molar-refractivity contribution in [2.24, 2.45) is 0 Å². The van der Waals surface area contributed by atoms with E-state index in [0.29, 0.717) is 43.4 Å². The van der Waals surface area contributed by atoms with Crippen LogP contribution in [0.15, 0.2) is 66.7 Å². The molecule has 0 aliphatic carbocycles. The summed E-state index contributed by atoms with van der Waals surface area (Å²) in [5.74, 6) is -0.0410. The zero-order valence-electron chi connectivity index (χ0n) is 22.0. The predicted molar refractivity (Wildman–Crippen MR) is 154 cm³/mol. The van der Waals surface area contributed by atoms with Gasteiger partial charge >= 0.3 is 5.97 Å². The van der Waals surface area contributed by atoms with Gasteiger partial charge in [-0.3, -0.25) is 4.79 Å². The molecule has 3 rings (SSSR count). The molecule has 0 heterocycles. The lowest BCUT2D eigenvalue weighted by atomic mass is 9.93. The number of amides is 1. The van der Waals surface area contributed by atoms with Crippen molar-refractivity contribution in [3.63, 3.8) is 0 Å². The summed E-state index contributed by atoms with van der Waals surface area (Å²) in [6.45, 7) is 3.77. The molecular formula is C30H34ClNO5S. The number of hydrogen-bond acceptors (Lipinski definition) is 6. The highest BCUT2D eigenvalue weighted by atomic mass is 35.5. The topological polar surface area (TPSA) is 73.9 Å². The van der Waals surface area contributed by atoms with Crippen LogP contribution in [0.25, 0.3) is 11.1 Å². The van der Waals surface area contributed by atoms with E-state index in [4.69, 9.17) is 25.8 Å². The van der Waals surface area contributed by atoms with E-state index in [1.807, 2.05) is 73.8 Å². The van der Waals surface area contributed by atoms with E-state index in [2.05, 4.69) is 5.32 Å². The maximum absolute atomic E-state index is 13.3. The fourth-order valence-electron chi connectivity index (χ4n) is 3.92. The molecule has 6 nitrogen and oxygen atoms in total. The van der Waals surface area contributed by atoms with Crippen molar-refractivity contribution in [1.29, 1.82) is 0 Å². The van der Waals surface area contributed by atoms with Crippen molar-refractivity contribution in [3.8, 4) is 11.1 Å². The molecule has 0 bridgehead atoms. The van der Waals surface area contributed by atoms with Crippen molar-refractivity contribution in [2.75, 3.05) is 32.3 Å². The minimum absolute atomic E-state index is 0.317. The largest absolute Gasteiger partial charge is 0.467 e. The summed E-state index contributed by atoms with van der Waals surface area (Å²) in [6.07, 6.45) is 2.45. The molecule has 1 N–H and O–H groups in total. The molecule has 0 radical (unpaired) electrons. The van der Waals surface area contributed by atoms with Gasteiger partial charge < -0.3 is 19.5 Å². The van der Waals surface area contributed by atoms with Gasteiger partial charge in [0.1, 0.15) is 6.04 Å². The Labute approximate surface area is 234 Å². The summed E-state index contributed by atoms with van der Waals surface area (Å²) in [7, 11) is 1.33. The molecule has 0 unspecified atom stereocenters. The second-order valence-corrected chi connectivity index (χ2v) is 10.2. The van der Waals surface area contributed by atoms with Crippen LogP contribution in [0.3, 0.4) is 0 Å². The molecule has 1 atom stereocenters. The lowest BCUT2D eigenvalue weighted by Gasteiger charge is -2.19. The molecule has 202 valence electrons. The first-order valence-corrected chi connectivity index (χ1v) is 14.2. The highest BCUT2D eigenvalue weighted by molar-refractivity contribution is 7.98. The fraction of sp³-hybridized carbons (Fsp3) is 0.333. The molecule has 1 amide bonds. The number of thioether (sulfide) groups is 1. The standard InChI is InChI=1S/C30H34ClNO5S/c1-21-6-4-5-7-25(21)27-18-23(20-37-16-15-36-19-22-8-11-24(31)12-9-22)10-13-26(27)29(33)32-28(14-17-38-3)30(34)35-2/h4-13,18,28H,14-17,19-20H2,1-3H3,(H,32,33)/t28-/m0/s1. The van der Waals surface area contributed by atoms with E-state index < -0.39 is 12.0 Å². The van der Waals surface area contributed by atoms with Crippen LogP contribution in [0.2, 0.25) is 5.02 Å². The van der Waals surface area contributed by atoms with Gasteiger partial charge in [-0.15, -0.1) is 0 Å². The lowest BCUT2D eigenvalue weighted by molar-refractivity contribution is -0.142. The Morgan fingerprint density at radius 3 is 2.24 bits per heavy atom. The Hall–Kier alpha value is -2.84. The van der Waals surface area contributed by atoms with Gasteiger partial charge in [0.15, 0.2) is 0 Å². The molecule has 3 aromatic carbocycles. The van der Waals surface area contributed by atoms with Crippen LogP contribution in [-0.2, 0) is 32.2 Å². The summed E-state index contributed by atoms with van der Waals surface area (Å²) in [5, 5.41) is 3.57. The normalized spacial score (nSPS) is 11.7. The lowest BCUT2D eigenvalue weighted by Crippen LogP contribution is -2.42. The van der Waals surface area contributed by atoms with Gasteiger partial charge in [-0.05, 0) is 77.4 Å². The molecule has 0 aromatic heterocycles. The molecule has 0 saturated heterocycles. The van der Waals surface area contributed by atoms with Crippen LogP contribution in [0.5, 0.6) is 0 Å². The third kappa shape index (κ3) is 8.88. The minimum Gasteiger partial charge on any atom is -0.467 e. The van der Waals surface area contributed by atoms with Gasteiger partial charge in [0.25, 0.3) is 5.91 Å². The predicted octanol–water partition coefficient (Wildman–Crippen LogP) is 6.07. The summed E-state index contributed by atoms with van der Waals surface area (Å²) in [6, 6.07) is 20.4. The third-order valence-electron chi connectivity index (χ3n) is 5.99. The van der Waals surface area contributed by atoms with Crippen molar-refractivity contribution in [1.82, 2.24) is 5.32 Å². The van der Waals surface area contributed by atoms with Crippen LogP contribution >= 0.6 is 23.4 Å². The SMILES string of the molecule is COC(=O)[C@H](CCSC)NC(=O)c1ccc(COCCOCc2ccc(Cl)cc2)cc1-c1ccccc1C. The number of benzene rings is 3. The van der Waals surface area contributed by atoms with Gasteiger partial charge in [0.2, 0.25) is 0 Å². The first-order valence-electron chi connectivity index (χ1n) is 12.4. The third-order valence-corrected chi connectivity index (χ3v) is 6.88. The van der Waals surface area contributed by atoms with Crippen LogP contribution < -0.4 is 5.32 Å². The zero-order valence-corrected chi connectivity index (χ0v) is 23.6.